The normalized spacial score (nSPS) is 15.1. The van der Waals surface area contributed by atoms with Crippen LogP contribution in [0.3, 0.4) is 0 Å². The summed E-state index contributed by atoms with van der Waals surface area (Å²) in [5.74, 6) is 0.653. The molecule has 1 saturated carbocycles. The monoisotopic (exact) mass is 448 g/mol. The van der Waals surface area contributed by atoms with Crippen molar-refractivity contribution in [2.75, 3.05) is 0 Å². The van der Waals surface area contributed by atoms with E-state index in [1.54, 1.807) is 0 Å². The molecule has 4 aromatic rings. The van der Waals surface area contributed by atoms with Crippen LogP contribution in [0.15, 0.2) is 72.9 Å². The molecule has 1 aliphatic carbocycles. The molecule has 174 valence electrons. The highest BCUT2D eigenvalue weighted by molar-refractivity contribution is 5.89. The molecule has 5 rings (SSSR count). The fourth-order valence-electron chi connectivity index (χ4n) is 5.67. The lowest BCUT2D eigenvalue weighted by atomic mass is 9.80. The first-order chi connectivity index (χ1) is 16.3. The van der Waals surface area contributed by atoms with Crippen molar-refractivity contribution in [2.24, 2.45) is 7.05 Å². The van der Waals surface area contributed by atoms with E-state index in [1.165, 1.54) is 82.0 Å². The van der Waals surface area contributed by atoms with Gasteiger partial charge in [0.05, 0.1) is 0 Å². The standard InChI is InChI=1S/C33H38N/c1-23-11-9-10-14-29(23)32-21-30(31(22-34(32)5)24-12-7-6-8-13-24)27-16-15-26-20-28(33(2,3)4)18-17-25(26)19-27/h9-11,14-22,24H,6-8,12-13H2,1-5H3/q+1. The lowest BCUT2D eigenvalue weighted by Crippen LogP contribution is -2.32. The van der Waals surface area contributed by atoms with E-state index in [1.807, 2.05) is 0 Å². The Morgan fingerprint density at radius 1 is 0.765 bits per heavy atom. The van der Waals surface area contributed by atoms with Gasteiger partial charge in [-0.3, -0.25) is 0 Å². The van der Waals surface area contributed by atoms with Gasteiger partial charge in [-0.1, -0.05) is 88.6 Å². The molecule has 1 nitrogen and oxygen atoms in total. The minimum atomic E-state index is 0.164. The second-order valence-electron chi connectivity index (χ2n) is 11.3. The number of hydrogen-bond acceptors (Lipinski definition) is 0. The van der Waals surface area contributed by atoms with Crippen molar-refractivity contribution in [3.63, 3.8) is 0 Å². The molecule has 0 amide bonds. The van der Waals surface area contributed by atoms with Crippen molar-refractivity contribution >= 4 is 10.8 Å². The van der Waals surface area contributed by atoms with Gasteiger partial charge >= 0.3 is 0 Å². The fraction of sp³-hybridized carbons (Fsp3) is 0.364. The van der Waals surface area contributed by atoms with Crippen molar-refractivity contribution in [1.82, 2.24) is 0 Å². The summed E-state index contributed by atoms with van der Waals surface area (Å²) in [7, 11) is 2.21. The first-order valence-corrected chi connectivity index (χ1v) is 13.0. The number of nitrogens with zero attached hydrogens (tertiary/aromatic N) is 1. The molecule has 0 aliphatic heterocycles. The van der Waals surface area contributed by atoms with Crippen molar-refractivity contribution in [3.05, 3.63) is 89.6 Å². The van der Waals surface area contributed by atoms with Gasteiger partial charge < -0.3 is 0 Å². The Hall–Kier alpha value is -2.93. The van der Waals surface area contributed by atoms with E-state index in [0.29, 0.717) is 5.92 Å². The van der Waals surface area contributed by atoms with E-state index in [2.05, 4.69) is 112 Å². The summed E-state index contributed by atoms with van der Waals surface area (Å²) < 4.78 is 2.35. The van der Waals surface area contributed by atoms with Crippen LogP contribution < -0.4 is 4.57 Å². The Kier molecular flexibility index (Phi) is 6.06. The maximum Gasteiger partial charge on any atom is 0.213 e. The number of pyridine rings is 1. The minimum absolute atomic E-state index is 0.164. The summed E-state index contributed by atoms with van der Waals surface area (Å²) in [6, 6.07) is 25.3. The van der Waals surface area contributed by atoms with Crippen molar-refractivity contribution in [2.45, 2.75) is 71.1 Å². The maximum absolute atomic E-state index is 2.46. The SMILES string of the molecule is Cc1ccccc1-c1cc(-c2ccc3cc(C(C)(C)C)ccc3c2)c(C2CCCCC2)c[n+]1C. The van der Waals surface area contributed by atoms with E-state index < -0.39 is 0 Å². The molecule has 34 heavy (non-hydrogen) atoms. The Labute approximate surface area is 205 Å². The van der Waals surface area contributed by atoms with Gasteiger partial charge in [-0.15, -0.1) is 0 Å². The van der Waals surface area contributed by atoms with E-state index >= 15 is 0 Å². The van der Waals surface area contributed by atoms with Crippen LogP contribution in [0.1, 0.15) is 75.5 Å². The molecule has 0 radical (unpaired) electrons. The molecule has 0 atom stereocenters. The molecule has 1 fully saturated rings. The zero-order valence-corrected chi connectivity index (χ0v) is 21.5. The van der Waals surface area contributed by atoms with E-state index in [4.69, 9.17) is 0 Å². The zero-order valence-electron chi connectivity index (χ0n) is 21.5. The fourth-order valence-corrected chi connectivity index (χ4v) is 5.67. The van der Waals surface area contributed by atoms with E-state index in [9.17, 15) is 0 Å². The number of fused-ring (bicyclic) bond motifs is 1. The lowest BCUT2D eigenvalue weighted by Gasteiger charge is -2.24. The molecule has 1 aliphatic rings. The molecule has 1 heterocycles. The number of aromatic nitrogens is 1. The molecular formula is C33H38N+. The number of benzene rings is 3. The van der Waals surface area contributed by atoms with Gasteiger partial charge in [0, 0.05) is 17.2 Å². The minimum Gasteiger partial charge on any atom is -0.201 e. The number of hydrogen-bond donors (Lipinski definition) is 0. The summed E-state index contributed by atoms with van der Waals surface area (Å²) in [6.07, 6.45) is 9.12. The average molecular weight is 449 g/mol. The molecule has 0 N–H and O–H groups in total. The Morgan fingerprint density at radius 3 is 2.21 bits per heavy atom. The van der Waals surface area contributed by atoms with Gasteiger partial charge in [0.2, 0.25) is 5.69 Å². The predicted octanol–water partition coefficient (Wildman–Crippen LogP) is 8.65. The molecular weight excluding hydrogens is 410 g/mol. The summed E-state index contributed by atoms with van der Waals surface area (Å²) in [4.78, 5) is 0. The molecule has 3 aromatic carbocycles. The molecule has 1 aromatic heterocycles. The summed E-state index contributed by atoms with van der Waals surface area (Å²) in [5, 5.41) is 2.65. The Balaban J connectivity index is 1.68. The summed E-state index contributed by atoms with van der Waals surface area (Å²) >= 11 is 0. The Bertz CT molecular complexity index is 1330. The molecule has 0 unspecified atom stereocenters. The number of rotatable bonds is 3. The lowest BCUT2D eigenvalue weighted by molar-refractivity contribution is -0.660. The quantitative estimate of drug-likeness (QED) is 0.276. The molecule has 1 heteroatoms. The highest BCUT2D eigenvalue weighted by Gasteiger charge is 2.25. The Morgan fingerprint density at radius 2 is 1.47 bits per heavy atom. The second-order valence-corrected chi connectivity index (χ2v) is 11.3. The topological polar surface area (TPSA) is 3.88 Å². The smallest absolute Gasteiger partial charge is 0.201 e. The van der Waals surface area contributed by atoms with Gasteiger partial charge in [0.15, 0.2) is 6.20 Å². The van der Waals surface area contributed by atoms with E-state index in [-0.39, 0.29) is 5.41 Å². The predicted molar refractivity (Wildman–Crippen MR) is 145 cm³/mol. The second kappa shape index (κ2) is 9.02. The summed E-state index contributed by atoms with van der Waals surface area (Å²) in [5.41, 5.74) is 9.75. The maximum atomic E-state index is 2.46. The molecule has 0 saturated heterocycles. The molecule has 0 spiro atoms. The largest absolute Gasteiger partial charge is 0.213 e. The zero-order chi connectivity index (χ0) is 23.9. The van der Waals surface area contributed by atoms with Crippen molar-refractivity contribution < 1.29 is 4.57 Å². The highest BCUT2D eigenvalue weighted by atomic mass is 14.9. The van der Waals surface area contributed by atoms with Crippen LogP contribution in [-0.2, 0) is 12.5 Å². The summed E-state index contributed by atoms with van der Waals surface area (Å²) in [6.45, 7) is 9.08. The third-order valence-corrected chi connectivity index (χ3v) is 7.79. The van der Waals surface area contributed by atoms with Crippen LogP contribution in [0, 0.1) is 6.92 Å². The van der Waals surface area contributed by atoms with Gasteiger partial charge in [0.25, 0.3) is 0 Å². The van der Waals surface area contributed by atoms with Gasteiger partial charge in [0.1, 0.15) is 7.05 Å². The van der Waals surface area contributed by atoms with E-state index in [0.717, 1.165) is 0 Å². The van der Waals surface area contributed by atoms with Crippen molar-refractivity contribution in [1.29, 1.82) is 0 Å². The first-order valence-electron chi connectivity index (χ1n) is 13.0. The van der Waals surface area contributed by atoms with Gasteiger partial charge in [-0.25, -0.2) is 4.57 Å². The third kappa shape index (κ3) is 4.41. The van der Waals surface area contributed by atoms with Crippen LogP contribution in [0.5, 0.6) is 0 Å². The molecule has 0 bridgehead atoms. The van der Waals surface area contributed by atoms with Crippen LogP contribution in [0.4, 0.5) is 0 Å². The number of aryl methyl sites for hydroxylation is 2. The van der Waals surface area contributed by atoms with Crippen LogP contribution in [-0.4, -0.2) is 0 Å². The van der Waals surface area contributed by atoms with Crippen LogP contribution >= 0.6 is 0 Å². The van der Waals surface area contributed by atoms with Gasteiger partial charge in [-0.05, 0) is 76.3 Å². The van der Waals surface area contributed by atoms with Crippen LogP contribution in [0.25, 0.3) is 33.2 Å². The first kappa shape index (κ1) is 22.8. The highest BCUT2D eigenvalue weighted by Crippen LogP contribution is 2.40. The van der Waals surface area contributed by atoms with Gasteiger partial charge in [-0.2, -0.15) is 0 Å². The average Bonchev–Trinajstić information content (AvgIpc) is 2.84. The third-order valence-electron chi connectivity index (χ3n) is 7.79. The van der Waals surface area contributed by atoms with Crippen LogP contribution in [0.2, 0.25) is 0 Å². The van der Waals surface area contributed by atoms with Crippen molar-refractivity contribution in [3.8, 4) is 22.4 Å².